The molecule has 23 heavy (non-hydrogen) atoms. The first-order valence-electron chi connectivity index (χ1n) is 7.14. The second-order valence-corrected chi connectivity index (χ2v) is 5.39. The van der Waals surface area contributed by atoms with Crippen LogP contribution in [-0.2, 0) is 20.0 Å². The Balaban J connectivity index is 0.00000264. The van der Waals surface area contributed by atoms with Gasteiger partial charge >= 0.3 is 0 Å². The van der Waals surface area contributed by atoms with Crippen molar-refractivity contribution < 1.29 is 0 Å². The maximum atomic E-state index is 5.87. The standard InChI is InChI=1S/C15H21ClN6.HI/c1-11-20-21-14(22(11)3)10-19-15(17-2)18-9-8-12-4-6-13(16)7-5-12;/h4-7H,8-10H2,1-3H3,(H2,17,18,19);1H. The van der Waals surface area contributed by atoms with Crippen molar-refractivity contribution in [1.29, 1.82) is 0 Å². The third-order valence-electron chi connectivity index (χ3n) is 3.44. The zero-order chi connectivity index (χ0) is 15.9. The van der Waals surface area contributed by atoms with Crippen LogP contribution in [0.4, 0.5) is 0 Å². The van der Waals surface area contributed by atoms with Crippen LogP contribution in [0, 0.1) is 6.92 Å². The predicted octanol–water partition coefficient (Wildman–Crippen LogP) is 2.30. The van der Waals surface area contributed by atoms with Gasteiger partial charge < -0.3 is 15.2 Å². The molecule has 0 atom stereocenters. The number of nitrogens with zero attached hydrogens (tertiary/aromatic N) is 4. The average molecular weight is 449 g/mol. The van der Waals surface area contributed by atoms with Crippen LogP contribution in [0.15, 0.2) is 29.3 Å². The Morgan fingerprint density at radius 1 is 1.22 bits per heavy atom. The fraction of sp³-hybridized carbons (Fsp3) is 0.400. The Kier molecular flexibility index (Phi) is 8.32. The number of halogens is 2. The van der Waals surface area contributed by atoms with E-state index in [1.165, 1.54) is 5.56 Å². The van der Waals surface area contributed by atoms with Gasteiger partial charge in [0.15, 0.2) is 11.8 Å². The lowest BCUT2D eigenvalue weighted by atomic mass is 10.1. The summed E-state index contributed by atoms with van der Waals surface area (Å²) in [6, 6.07) is 7.87. The molecule has 0 unspecified atom stereocenters. The van der Waals surface area contributed by atoms with E-state index in [4.69, 9.17) is 11.6 Å². The lowest BCUT2D eigenvalue weighted by Crippen LogP contribution is -2.38. The number of aromatic nitrogens is 3. The van der Waals surface area contributed by atoms with E-state index < -0.39 is 0 Å². The van der Waals surface area contributed by atoms with Gasteiger partial charge in [0.25, 0.3) is 0 Å². The number of benzene rings is 1. The number of guanidine groups is 1. The number of hydrogen-bond acceptors (Lipinski definition) is 3. The molecule has 1 heterocycles. The van der Waals surface area contributed by atoms with Gasteiger partial charge in [-0.25, -0.2) is 0 Å². The molecule has 0 radical (unpaired) electrons. The average Bonchev–Trinajstić information content (AvgIpc) is 2.84. The molecule has 1 aromatic carbocycles. The summed E-state index contributed by atoms with van der Waals surface area (Å²) in [5, 5.41) is 15.4. The van der Waals surface area contributed by atoms with E-state index in [0.29, 0.717) is 6.54 Å². The van der Waals surface area contributed by atoms with Crippen LogP contribution in [0.3, 0.4) is 0 Å². The number of hydrogen-bond donors (Lipinski definition) is 2. The molecule has 0 saturated heterocycles. The third kappa shape index (κ3) is 5.98. The first-order chi connectivity index (χ1) is 10.6. The van der Waals surface area contributed by atoms with Crippen LogP contribution in [0.25, 0.3) is 0 Å². The molecular formula is C15H22ClIN6. The van der Waals surface area contributed by atoms with Crippen LogP contribution in [0.1, 0.15) is 17.2 Å². The summed E-state index contributed by atoms with van der Waals surface area (Å²) in [7, 11) is 3.70. The van der Waals surface area contributed by atoms with Gasteiger partial charge in [0.1, 0.15) is 5.82 Å². The van der Waals surface area contributed by atoms with Crippen molar-refractivity contribution in [3.05, 3.63) is 46.5 Å². The quantitative estimate of drug-likeness (QED) is 0.418. The molecule has 0 spiro atoms. The van der Waals surface area contributed by atoms with E-state index in [9.17, 15) is 0 Å². The zero-order valence-electron chi connectivity index (χ0n) is 13.5. The highest BCUT2D eigenvalue weighted by Gasteiger charge is 2.05. The summed E-state index contributed by atoms with van der Waals surface area (Å²) >= 11 is 5.87. The van der Waals surface area contributed by atoms with Gasteiger partial charge in [-0.2, -0.15) is 0 Å². The van der Waals surface area contributed by atoms with E-state index in [1.54, 1.807) is 7.05 Å². The summed E-state index contributed by atoms with van der Waals surface area (Å²) < 4.78 is 1.95. The second-order valence-electron chi connectivity index (χ2n) is 4.95. The highest BCUT2D eigenvalue weighted by atomic mass is 127. The van der Waals surface area contributed by atoms with E-state index in [-0.39, 0.29) is 24.0 Å². The summed E-state index contributed by atoms with van der Waals surface area (Å²) in [5.41, 5.74) is 1.23. The van der Waals surface area contributed by atoms with Crippen molar-refractivity contribution >= 4 is 41.5 Å². The molecule has 8 heteroatoms. The number of nitrogens with one attached hydrogen (secondary N) is 2. The van der Waals surface area contributed by atoms with Gasteiger partial charge in [0.2, 0.25) is 0 Å². The molecule has 6 nitrogen and oxygen atoms in total. The van der Waals surface area contributed by atoms with Gasteiger partial charge in [-0.3, -0.25) is 4.99 Å². The summed E-state index contributed by atoms with van der Waals surface area (Å²) in [5.74, 6) is 2.51. The first kappa shape index (κ1) is 19.7. The van der Waals surface area contributed by atoms with Crippen LogP contribution in [0.2, 0.25) is 5.02 Å². The normalized spacial score (nSPS) is 11.0. The third-order valence-corrected chi connectivity index (χ3v) is 3.69. The molecule has 126 valence electrons. The predicted molar refractivity (Wildman–Crippen MR) is 105 cm³/mol. The summed E-state index contributed by atoms with van der Waals surface area (Å²) in [6.45, 7) is 3.30. The SMILES string of the molecule is CN=C(NCCc1ccc(Cl)cc1)NCc1nnc(C)n1C.I. The second kappa shape index (κ2) is 9.71. The molecular weight excluding hydrogens is 427 g/mol. The molecule has 1 aromatic heterocycles. The minimum atomic E-state index is 0. The molecule has 0 bridgehead atoms. The molecule has 2 N–H and O–H groups in total. The number of aryl methyl sites for hydroxylation is 1. The van der Waals surface area contributed by atoms with E-state index in [1.807, 2.05) is 42.8 Å². The van der Waals surface area contributed by atoms with Crippen LogP contribution in [-0.4, -0.2) is 34.3 Å². The zero-order valence-corrected chi connectivity index (χ0v) is 16.6. The van der Waals surface area contributed by atoms with Crippen molar-refractivity contribution in [2.75, 3.05) is 13.6 Å². The summed E-state index contributed by atoms with van der Waals surface area (Å²) in [4.78, 5) is 4.20. The lowest BCUT2D eigenvalue weighted by molar-refractivity contribution is 0.716. The lowest BCUT2D eigenvalue weighted by Gasteiger charge is -2.11. The molecule has 2 rings (SSSR count). The Hall–Kier alpha value is -1.35. The fourth-order valence-electron chi connectivity index (χ4n) is 1.96. The first-order valence-corrected chi connectivity index (χ1v) is 7.51. The Labute approximate surface area is 158 Å². The monoisotopic (exact) mass is 448 g/mol. The molecule has 0 aliphatic heterocycles. The minimum absolute atomic E-state index is 0. The molecule has 2 aromatic rings. The van der Waals surface area contributed by atoms with Crippen molar-refractivity contribution in [3.63, 3.8) is 0 Å². The molecule has 0 aliphatic rings. The molecule has 0 saturated carbocycles. The smallest absolute Gasteiger partial charge is 0.191 e. The minimum Gasteiger partial charge on any atom is -0.356 e. The Morgan fingerprint density at radius 2 is 1.91 bits per heavy atom. The van der Waals surface area contributed by atoms with Crippen molar-refractivity contribution in [1.82, 2.24) is 25.4 Å². The molecule has 0 amide bonds. The fourth-order valence-corrected chi connectivity index (χ4v) is 2.09. The summed E-state index contributed by atoms with van der Waals surface area (Å²) in [6.07, 6.45) is 0.904. The van der Waals surface area contributed by atoms with Crippen LogP contribution in [0.5, 0.6) is 0 Å². The van der Waals surface area contributed by atoms with Crippen molar-refractivity contribution in [3.8, 4) is 0 Å². The van der Waals surface area contributed by atoms with Gasteiger partial charge in [-0.1, -0.05) is 23.7 Å². The topological polar surface area (TPSA) is 67.1 Å². The highest BCUT2D eigenvalue weighted by Crippen LogP contribution is 2.09. The Morgan fingerprint density at radius 3 is 2.48 bits per heavy atom. The van der Waals surface area contributed by atoms with Gasteiger partial charge in [-0.15, -0.1) is 34.2 Å². The highest BCUT2D eigenvalue weighted by molar-refractivity contribution is 14.0. The Bertz CT molecular complexity index is 638. The van der Waals surface area contributed by atoms with E-state index >= 15 is 0 Å². The van der Waals surface area contributed by atoms with Crippen molar-refractivity contribution in [2.45, 2.75) is 19.9 Å². The van der Waals surface area contributed by atoms with Gasteiger partial charge in [-0.05, 0) is 31.0 Å². The van der Waals surface area contributed by atoms with Gasteiger partial charge in [0.05, 0.1) is 6.54 Å². The van der Waals surface area contributed by atoms with Crippen LogP contribution < -0.4 is 10.6 Å². The van der Waals surface area contributed by atoms with Gasteiger partial charge in [0, 0.05) is 25.7 Å². The number of rotatable bonds is 5. The maximum Gasteiger partial charge on any atom is 0.191 e. The van der Waals surface area contributed by atoms with Crippen LogP contribution >= 0.6 is 35.6 Å². The maximum absolute atomic E-state index is 5.87. The van der Waals surface area contributed by atoms with E-state index in [0.717, 1.165) is 35.6 Å². The van der Waals surface area contributed by atoms with Crippen molar-refractivity contribution in [2.24, 2.45) is 12.0 Å². The van der Waals surface area contributed by atoms with E-state index in [2.05, 4.69) is 25.8 Å². The number of aliphatic imine (C=N–C) groups is 1. The largest absolute Gasteiger partial charge is 0.356 e. The molecule has 0 aliphatic carbocycles. The molecule has 0 fully saturated rings.